The van der Waals surface area contributed by atoms with Crippen molar-refractivity contribution in [1.29, 1.82) is 0 Å². The van der Waals surface area contributed by atoms with Gasteiger partial charge < -0.3 is 10.1 Å². The fourth-order valence-electron chi connectivity index (χ4n) is 2.94. The molecule has 1 heterocycles. The lowest BCUT2D eigenvalue weighted by Gasteiger charge is -2.30. The number of esters is 1. The number of rotatable bonds is 7. The summed E-state index contributed by atoms with van der Waals surface area (Å²) >= 11 is 6.98. The topological polar surface area (TPSA) is 72.5 Å². The summed E-state index contributed by atoms with van der Waals surface area (Å²) in [5.41, 5.74) is 0. The average Bonchev–Trinajstić information content (AvgIpc) is 3.01. The molecule has 5 nitrogen and oxygen atoms in total. The van der Waals surface area contributed by atoms with Crippen LogP contribution in [0.25, 0.3) is 0 Å². The van der Waals surface area contributed by atoms with Crippen molar-refractivity contribution in [3.05, 3.63) is 21.3 Å². The van der Waals surface area contributed by atoms with Crippen LogP contribution in [0.2, 0.25) is 4.34 Å². The van der Waals surface area contributed by atoms with Gasteiger partial charge in [0.25, 0.3) is 5.91 Å². The summed E-state index contributed by atoms with van der Waals surface area (Å²) in [6.07, 6.45) is 3.52. The second-order valence-corrected chi connectivity index (χ2v) is 8.25. The summed E-state index contributed by atoms with van der Waals surface area (Å²) in [7, 11) is 0. The maximum Gasteiger partial charge on any atom is 0.307 e. The lowest BCUT2D eigenvalue weighted by Crippen LogP contribution is -2.46. The Kier molecular flexibility index (Phi) is 7.44. The number of Topliss-reactive ketones (excluding diaryl/α,β-unsaturated/α-hetero) is 1. The van der Waals surface area contributed by atoms with Gasteiger partial charge in [0.1, 0.15) is 0 Å². The predicted octanol–water partition coefficient (Wildman–Crippen LogP) is 3.99. The van der Waals surface area contributed by atoms with Gasteiger partial charge in [0.2, 0.25) is 0 Å². The van der Waals surface area contributed by atoms with Crippen LogP contribution in [-0.2, 0) is 14.3 Å². The number of carbonyl (C=O) groups excluding carboxylic acids is 3. The van der Waals surface area contributed by atoms with E-state index in [0.29, 0.717) is 15.1 Å². The van der Waals surface area contributed by atoms with Crippen molar-refractivity contribution in [3.63, 3.8) is 0 Å². The zero-order valence-electron chi connectivity index (χ0n) is 14.5. The standard InChI is InChI=1S/C18H24ClNO4S/c1-11-5-3-4-6-13(11)20-18(23)12(2)24-17(22)10-7-14(21)15-8-9-16(19)25-15/h8-9,11-13H,3-7,10H2,1-2H3,(H,20,23)/t11-,12+,13+/m0/s1. The molecule has 0 saturated heterocycles. The maximum atomic E-state index is 12.2. The van der Waals surface area contributed by atoms with Gasteiger partial charge in [-0.25, -0.2) is 0 Å². The Morgan fingerprint density at radius 2 is 2.00 bits per heavy atom. The van der Waals surface area contributed by atoms with Crippen molar-refractivity contribution >= 4 is 40.6 Å². The van der Waals surface area contributed by atoms with Crippen LogP contribution in [-0.4, -0.2) is 29.8 Å². The van der Waals surface area contributed by atoms with E-state index < -0.39 is 12.1 Å². The summed E-state index contributed by atoms with van der Waals surface area (Å²) in [6, 6.07) is 3.44. The highest BCUT2D eigenvalue weighted by atomic mass is 35.5. The van der Waals surface area contributed by atoms with E-state index in [1.165, 1.54) is 17.8 Å². The molecule has 2 rings (SSSR count). The molecule has 3 atom stereocenters. The van der Waals surface area contributed by atoms with Crippen LogP contribution in [0.3, 0.4) is 0 Å². The van der Waals surface area contributed by atoms with E-state index in [9.17, 15) is 14.4 Å². The second kappa shape index (κ2) is 9.34. The number of hydrogen-bond donors (Lipinski definition) is 1. The van der Waals surface area contributed by atoms with Crippen molar-refractivity contribution < 1.29 is 19.1 Å². The number of ketones is 1. The number of amides is 1. The minimum absolute atomic E-state index is 0.0453. The first-order valence-corrected chi connectivity index (χ1v) is 9.84. The first-order chi connectivity index (χ1) is 11.9. The minimum Gasteiger partial charge on any atom is -0.453 e. The van der Waals surface area contributed by atoms with Crippen molar-refractivity contribution in [2.45, 2.75) is 64.5 Å². The maximum absolute atomic E-state index is 12.2. The zero-order valence-corrected chi connectivity index (χ0v) is 16.1. The molecule has 25 heavy (non-hydrogen) atoms. The van der Waals surface area contributed by atoms with Crippen LogP contribution in [0.4, 0.5) is 0 Å². The largest absolute Gasteiger partial charge is 0.453 e. The Hall–Kier alpha value is -1.40. The Bertz CT molecular complexity index is 630. The number of nitrogens with one attached hydrogen (secondary N) is 1. The van der Waals surface area contributed by atoms with Crippen LogP contribution in [0.15, 0.2) is 12.1 Å². The van der Waals surface area contributed by atoms with Gasteiger partial charge in [0, 0.05) is 12.5 Å². The van der Waals surface area contributed by atoms with Crippen molar-refractivity contribution in [2.75, 3.05) is 0 Å². The number of halogens is 1. The van der Waals surface area contributed by atoms with E-state index in [1.807, 2.05) is 0 Å². The quantitative estimate of drug-likeness (QED) is 0.569. The lowest BCUT2D eigenvalue weighted by atomic mass is 9.86. The molecule has 0 aliphatic heterocycles. The SMILES string of the molecule is C[C@@H](OC(=O)CCC(=O)c1ccc(Cl)s1)C(=O)N[C@@H]1CCCC[C@@H]1C. The van der Waals surface area contributed by atoms with Crippen LogP contribution in [0.1, 0.15) is 62.0 Å². The first kappa shape index (κ1) is 19.9. The van der Waals surface area contributed by atoms with E-state index in [4.69, 9.17) is 16.3 Å². The van der Waals surface area contributed by atoms with Gasteiger partial charge in [-0.3, -0.25) is 14.4 Å². The van der Waals surface area contributed by atoms with E-state index in [1.54, 1.807) is 19.1 Å². The second-order valence-electron chi connectivity index (χ2n) is 6.54. The molecule has 1 aliphatic carbocycles. The number of thiophene rings is 1. The van der Waals surface area contributed by atoms with Crippen LogP contribution in [0, 0.1) is 5.92 Å². The summed E-state index contributed by atoms with van der Waals surface area (Å²) < 4.78 is 5.69. The van der Waals surface area contributed by atoms with Gasteiger partial charge in [-0.15, -0.1) is 11.3 Å². The molecule has 1 N–H and O–H groups in total. The Balaban J connectivity index is 1.73. The average molecular weight is 386 g/mol. The first-order valence-electron chi connectivity index (χ1n) is 8.65. The molecule has 7 heteroatoms. The molecular formula is C18H24ClNO4S. The van der Waals surface area contributed by atoms with E-state index in [-0.39, 0.29) is 30.6 Å². The summed E-state index contributed by atoms with van der Waals surface area (Å²) in [5, 5.41) is 2.97. The lowest BCUT2D eigenvalue weighted by molar-refractivity contribution is -0.155. The van der Waals surface area contributed by atoms with Gasteiger partial charge in [-0.05, 0) is 37.8 Å². The Labute approximate surface area is 157 Å². The van der Waals surface area contributed by atoms with Crippen molar-refractivity contribution in [3.8, 4) is 0 Å². The Morgan fingerprint density at radius 3 is 2.64 bits per heavy atom. The van der Waals surface area contributed by atoms with Gasteiger partial charge in [0.15, 0.2) is 11.9 Å². The number of carbonyl (C=O) groups is 3. The third-order valence-corrected chi connectivity index (χ3v) is 5.79. The van der Waals surface area contributed by atoms with Crippen molar-refractivity contribution in [2.24, 2.45) is 5.92 Å². The van der Waals surface area contributed by atoms with Gasteiger partial charge in [-0.1, -0.05) is 31.4 Å². The molecule has 1 aromatic rings. The van der Waals surface area contributed by atoms with Crippen molar-refractivity contribution in [1.82, 2.24) is 5.32 Å². The summed E-state index contributed by atoms with van der Waals surface area (Å²) in [5.74, 6) is -0.531. The van der Waals surface area contributed by atoms with E-state index in [0.717, 1.165) is 19.3 Å². The van der Waals surface area contributed by atoms with E-state index >= 15 is 0 Å². The molecule has 0 bridgehead atoms. The zero-order chi connectivity index (χ0) is 18.4. The minimum atomic E-state index is -0.854. The number of ether oxygens (including phenoxy) is 1. The normalized spacial score (nSPS) is 21.4. The molecule has 0 spiro atoms. The Morgan fingerprint density at radius 1 is 1.28 bits per heavy atom. The molecule has 1 aromatic heterocycles. The summed E-state index contributed by atoms with van der Waals surface area (Å²) in [6.45, 7) is 3.69. The van der Waals surface area contributed by atoms with Crippen LogP contribution < -0.4 is 5.32 Å². The third-order valence-electron chi connectivity index (χ3n) is 4.52. The molecule has 138 valence electrons. The van der Waals surface area contributed by atoms with E-state index in [2.05, 4.69) is 12.2 Å². The molecule has 0 aromatic carbocycles. The van der Waals surface area contributed by atoms with Crippen LogP contribution in [0.5, 0.6) is 0 Å². The highest BCUT2D eigenvalue weighted by molar-refractivity contribution is 7.18. The highest BCUT2D eigenvalue weighted by Crippen LogP contribution is 2.24. The highest BCUT2D eigenvalue weighted by Gasteiger charge is 2.26. The fourth-order valence-corrected chi connectivity index (χ4v) is 3.95. The predicted molar refractivity (Wildman–Crippen MR) is 98.0 cm³/mol. The molecule has 0 unspecified atom stereocenters. The molecule has 1 aliphatic rings. The molecule has 1 fully saturated rings. The molecule has 1 saturated carbocycles. The molecule has 1 amide bonds. The fraction of sp³-hybridized carbons (Fsp3) is 0.611. The van der Waals surface area contributed by atoms with Crippen LogP contribution >= 0.6 is 22.9 Å². The summed E-state index contributed by atoms with van der Waals surface area (Å²) in [4.78, 5) is 36.5. The van der Waals surface area contributed by atoms with Gasteiger partial charge in [-0.2, -0.15) is 0 Å². The monoisotopic (exact) mass is 385 g/mol. The van der Waals surface area contributed by atoms with Gasteiger partial charge in [0.05, 0.1) is 15.6 Å². The molecular weight excluding hydrogens is 362 g/mol. The third kappa shape index (κ3) is 6.12. The van der Waals surface area contributed by atoms with Gasteiger partial charge >= 0.3 is 5.97 Å². The smallest absolute Gasteiger partial charge is 0.307 e. The molecule has 0 radical (unpaired) electrons. The number of hydrogen-bond acceptors (Lipinski definition) is 5.